The number of fused-ring (bicyclic) bond motifs is 2. The Morgan fingerprint density at radius 1 is 1.20 bits per heavy atom. The predicted molar refractivity (Wildman–Crippen MR) is 76.2 cm³/mol. The highest BCUT2D eigenvalue weighted by atomic mass is 16.5. The van der Waals surface area contributed by atoms with E-state index in [1.54, 1.807) is 0 Å². The third-order valence-electron chi connectivity index (χ3n) is 6.42. The van der Waals surface area contributed by atoms with Crippen molar-refractivity contribution in [3.8, 4) is 0 Å². The molecule has 0 aromatic rings. The average Bonchev–Trinajstić information content (AvgIpc) is 3.10. The predicted octanol–water partition coefficient (Wildman–Crippen LogP) is 1.26. The van der Waals surface area contributed by atoms with Crippen LogP contribution in [0, 0.1) is 23.2 Å². The van der Waals surface area contributed by atoms with Crippen molar-refractivity contribution in [2.45, 2.75) is 38.2 Å². The molecule has 4 atom stereocenters. The number of ether oxygens (including phenoxy) is 1. The lowest BCUT2D eigenvalue weighted by atomic mass is 9.90. The van der Waals surface area contributed by atoms with Crippen molar-refractivity contribution in [3.63, 3.8) is 0 Å². The van der Waals surface area contributed by atoms with Crippen LogP contribution in [0.2, 0.25) is 0 Å². The number of methoxy groups -OCH3 is 1. The number of carbonyl (C=O) groups is 1. The summed E-state index contributed by atoms with van der Waals surface area (Å²) >= 11 is 0. The molecule has 112 valence electrons. The third-order valence-corrected chi connectivity index (χ3v) is 6.42. The van der Waals surface area contributed by atoms with Gasteiger partial charge in [0.1, 0.15) is 0 Å². The molecule has 0 aromatic heterocycles. The molecule has 1 amide bonds. The molecule has 4 aliphatic rings. The second kappa shape index (κ2) is 4.70. The summed E-state index contributed by atoms with van der Waals surface area (Å²) in [6.07, 6.45) is 6.44. The topological polar surface area (TPSA) is 41.6 Å². The molecule has 1 unspecified atom stereocenters. The number of rotatable bonds is 2. The van der Waals surface area contributed by atoms with Gasteiger partial charge >= 0.3 is 0 Å². The summed E-state index contributed by atoms with van der Waals surface area (Å²) in [7, 11) is 1.83. The lowest BCUT2D eigenvalue weighted by Crippen LogP contribution is -2.49. The number of nitrogens with zero attached hydrogens (tertiary/aromatic N) is 1. The molecule has 4 nitrogen and oxygen atoms in total. The van der Waals surface area contributed by atoms with Crippen molar-refractivity contribution < 1.29 is 9.53 Å². The Hall–Kier alpha value is -0.610. The highest BCUT2D eigenvalue weighted by molar-refractivity contribution is 5.83. The molecule has 20 heavy (non-hydrogen) atoms. The second-order valence-electron chi connectivity index (χ2n) is 7.41. The van der Waals surface area contributed by atoms with Crippen LogP contribution in [0.4, 0.5) is 0 Å². The molecular formula is C16H26N2O2. The summed E-state index contributed by atoms with van der Waals surface area (Å²) in [6, 6.07) is 0. The number of likely N-dealkylation sites (tertiary alicyclic amines) is 1. The van der Waals surface area contributed by atoms with Crippen LogP contribution in [0.25, 0.3) is 0 Å². The zero-order valence-electron chi connectivity index (χ0n) is 12.4. The average molecular weight is 278 g/mol. The van der Waals surface area contributed by atoms with Crippen LogP contribution in [0.15, 0.2) is 0 Å². The minimum atomic E-state index is 0.336. The highest BCUT2D eigenvalue weighted by Gasteiger charge is 2.59. The second-order valence-corrected chi connectivity index (χ2v) is 7.41. The fourth-order valence-electron chi connectivity index (χ4n) is 5.13. The number of hydrogen-bond acceptors (Lipinski definition) is 3. The Kier molecular flexibility index (Phi) is 3.08. The number of nitrogens with one attached hydrogen (secondary N) is 1. The standard InChI is InChI=1S/C16H26N2O2/c1-20-14-11-2-3-12(14)10-18(9-11)15(19)13-8-16(13)4-6-17-7-5-16/h11-14,17H,2-10H2,1H3/t11-,12+,13-,14?/m1/s1. The van der Waals surface area contributed by atoms with E-state index in [0.717, 1.165) is 32.6 Å². The molecule has 2 aliphatic carbocycles. The van der Waals surface area contributed by atoms with Gasteiger partial charge in [-0.3, -0.25) is 4.79 Å². The van der Waals surface area contributed by atoms with Crippen LogP contribution in [0.5, 0.6) is 0 Å². The quantitative estimate of drug-likeness (QED) is 0.827. The van der Waals surface area contributed by atoms with Gasteiger partial charge in [-0.25, -0.2) is 0 Å². The van der Waals surface area contributed by atoms with Crippen LogP contribution in [0.1, 0.15) is 32.1 Å². The van der Waals surface area contributed by atoms with Gasteiger partial charge in [0.15, 0.2) is 0 Å². The fourth-order valence-corrected chi connectivity index (χ4v) is 5.13. The molecule has 0 radical (unpaired) electrons. The van der Waals surface area contributed by atoms with E-state index >= 15 is 0 Å². The van der Waals surface area contributed by atoms with Gasteiger partial charge < -0.3 is 15.0 Å². The number of piperidine rings is 2. The summed E-state index contributed by atoms with van der Waals surface area (Å²) in [6.45, 7) is 4.08. The lowest BCUT2D eigenvalue weighted by molar-refractivity contribution is -0.138. The first-order valence-corrected chi connectivity index (χ1v) is 8.26. The summed E-state index contributed by atoms with van der Waals surface area (Å²) in [5.74, 6) is 1.97. The van der Waals surface area contributed by atoms with Gasteiger partial charge in [0, 0.05) is 38.0 Å². The van der Waals surface area contributed by atoms with Crippen molar-refractivity contribution in [2.24, 2.45) is 23.2 Å². The fraction of sp³-hybridized carbons (Fsp3) is 0.938. The summed E-state index contributed by atoms with van der Waals surface area (Å²) in [4.78, 5) is 15.0. The number of carbonyl (C=O) groups excluding carboxylic acids is 1. The molecule has 4 fully saturated rings. The molecule has 4 heteroatoms. The summed E-state index contributed by atoms with van der Waals surface area (Å²) in [5, 5.41) is 3.42. The Morgan fingerprint density at radius 3 is 2.45 bits per heavy atom. The van der Waals surface area contributed by atoms with Crippen LogP contribution in [-0.4, -0.2) is 50.2 Å². The van der Waals surface area contributed by atoms with E-state index in [0.29, 0.717) is 35.2 Å². The van der Waals surface area contributed by atoms with Gasteiger partial charge in [-0.1, -0.05) is 0 Å². The van der Waals surface area contributed by atoms with Crippen molar-refractivity contribution in [2.75, 3.05) is 33.3 Å². The number of amides is 1. The van der Waals surface area contributed by atoms with E-state index < -0.39 is 0 Å². The summed E-state index contributed by atoms with van der Waals surface area (Å²) in [5.41, 5.74) is 0.374. The van der Waals surface area contributed by atoms with Crippen molar-refractivity contribution in [1.29, 1.82) is 0 Å². The lowest BCUT2D eigenvalue weighted by Gasteiger charge is -2.38. The monoisotopic (exact) mass is 278 g/mol. The first kappa shape index (κ1) is 13.1. The normalized spacial score (nSPS) is 42.0. The molecular weight excluding hydrogens is 252 g/mol. The molecule has 2 saturated heterocycles. The molecule has 0 aromatic carbocycles. The minimum absolute atomic E-state index is 0.336. The molecule has 1 N–H and O–H groups in total. The number of hydrogen-bond donors (Lipinski definition) is 1. The van der Waals surface area contributed by atoms with Crippen LogP contribution >= 0.6 is 0 Å². The molecule has 1 spiro atoms. The van der Waals surface area contributed by atoms with Crippen LogP contribution in [0.3, 0.4) is 0 Å². The zero-order valence-corrected chi connectivity index (χ0v) is 12.4. The van der Waals surface area contributed by atoms with Crippen LogP contribution in [-0.2, 0) is 9.53 Å². The van der Waals surface area contributed by atoms with Gasteiger partial charge in [-0.15, -0.1) is 0 Å². The van der Waals surface area contributed by atoms with Gasteiger partial charge in [-0.05, 0) is 50.6 Å². The third kappa shape index (κ3) is 1.92. The smallest absolute Gasteiger partial charge is 0.226 e. The van der Waals surface area contributed by atoms with Gasteiger partial charge in [-0.2, -0.15) is 0 Å². The van der Waals surface area contributed by atoms with E-state index in [-0.39, 0.29) is 0 Å². The maximum atomic E-state index is 12.8. The van der Waals surface area contributed by atoms with E-state index in [1.165, 1.54) is 25.7 Å². The SMILES string of the molecule is COC1[C@@H]2CC[C@H]1CN(C(=O)[C@H]1CC13CCNCC3)C2. The first-order valence-electron chi connectivity index (χ1n) is 8.26. The molecule has 2 heterocycles. The zero-order chi connectivity index (χ0) is 13.7. The molecule has 2 saturated carbocycles. The molecule has 2 bridgehead atoms. The van der Waals surface area contributed by atoms with E-state index in [2.05, 4.69) is 10.2 Å². The minimum Gasteiger partial charge on any atom is -0.381 e. The highest BCUT2D eigenvalue weighted by Crippen LogP contribution is 2.59. The van der Waals surface area contributed by atoms with Gasteiger partial charge in [0.25, 0.3) is 0 Å². The van der Waals surface area contributed by atoms with Crippen molar-refractivity contribution in [1.82, 2.24) is 10.2 Å². The maximum absolute atomic E-state index is 12.8. The Morgan fingerprint density at radius 2 is 1.85 bits per heavy atom. The maximum Gasteiger partial charge on any atom is 0.226 e. The Balaban J connectivity index is 1.41. The van der Waals surface area contributed by atoms with Crippen molar-refractivity contribution in [3.05, 3.63) is 0 Å². The van der Waals surface area contributed by atoms with E-state index in [9.17, 15) is 4.79 Å². The van der Waals surface area contributed by atoms with E-state index in [1.807, 2.05) is 7.11 Å². The van der Waals surface area contributed by atoms with Gasteiger partial charge in [0.05, 0.1) is 6.10 Å². The molecule has 4 rings (SSSR count). The first-order chi connectivity index (χ1) is 9.73. The Bertz CT molecular complexity index is 391. The largest absolute Gasteiger partial charge is 0.381 e. The van der Waals surface area contributed by atoms with Crippen LogP contribution < -0.4 is 5.32 Å². The van der Waals surface area contributed by atoms with Crippen molar-refractivity contribution >= 4 is 5.91 Å². The van der Waals surface area contributed by atoms with Gasteiger partial charge in [0.2, 0.25) is 5.91 Å². The van der Waals surface area contributed by atoms with E-state index in [4.69, 9.17) is 4.74 Å². The Labute approximate surface area is 121 Å². The molecule has 2 aliphatic heterocycles. The summed E-state index contributed by atoms with van der Waals surface area (Å²) < 4.78 is 5.65.